The van der Waals surface area contributed by atoms with E-state index in [4.69, 9.17) is 9.15 Å². The summed E-state index contributed by atoms with van der Waals surface area (Å²) in [5, 5.41) is 3.40. The van der Waals surface area contributed by atoms with Crippen LogP contribution in [-0.4, -0.2) is 23.7 Å². The van der Waals surface area contributed by atoms with Crippen molar-refractivity contribution in [1.82, 2.24) is 4.98 Å². The summed E-state index contributed by atoms with van der Waals surface area (Å²) >= 11 is 0. The first-order chi connectivity index (χ1) is 8.22. The number of oxazole rings is 1. The maximum atomic E-state index is 11.0. The number of ether oxygens (including phenoxy) is 1. The van der Waals surface area contributed by atoms with Gasteiger partial charge in [-0.15, -0.1) is 0 Å². The highest BCUT2D eigenvalue weighted by atomic mass is 16.5. The summed E-state index contributed by atoms with van der Waals surface area (Å²) in [6, 6.07) is 5.90. The molecule has 90 valence electrons. The Bertz CT molecular complexity index is 587. The predicted octanol–water partition coefficient (Wildman–Crippen LogP) is 1.71. The van der Waals surface area contributed by atoms with Crippen LogP contribution in [0.5, 0.6) is 0 Å². The zero-order chi connectivity index (χ0) is 11.8. The van der Waals surface area contributed by atoms with Crippen molar-refractivity contribution in [3.8, 4) is 0 Å². The van der Waals surface area contributed by atoms with E-state index in [1.807, 2.05) is 12.1 Å². The van der Waals surface area contributed by atoms with Gasteiger partial charge in [0.25, 0.3) is 0 Å². The van der Waals surface area contributed by atoms with Crippen molar-refractivity contribution in [2.75, 3.05) is 11.9 Å². The van der Waals surface area contributed by atoms with Gasteiger partial charge in [-0.25, -0.2) is 4.79 Å². The molecule has 0 radical (unpaired) electrons. The smallest absolute Gasteiger partial charge is 0.408 e. The summed E-state index contributed by atoms with van der Waals surface area (Å²) in [5.41, 5.74) is 2.26. The topological polar surface area (TPSA) is 67.3 Å². The van der Waals surface area contributed by atoms with Crippen LogP contribution in [0.4, 0.5) is 5.69 Å². The molecule has 2 heterocycles. The average molecular weight is 234 g/mol. The van der Waals surface area contributed by atoms with E-state index in [-0.39, 0.29) is 6.10 Å². The fourth-order valence-electron chi connectivity index (χ4n) is 2.18. The summed E-state index contributed by atoms with van der Waals surface area (Å²) in [4.78, 5) is 13.7. The van der Waals surface area contributed by atoms with Gasteiger partial charge < -0.3 is 14.5 Å². The first kappa shape index (κ1) is 10.4. The number of benzene rings is 1. The van der Waals surface area contributed by atoms with Gasteiger partial charge in [-0.05, 0) is 31.5 Å². The van der Waals surface area contributed by atoms with Gasteiger partial charge in [0, 0.05) is 12.3 Å². The Morgan fingerprint density at radius 2 is 2.35 bits per heavy atom. The summed E-state index contributed by atoms with van der Waals surface area (Å²) in [5.74, 6) is -0.422. The molecule has 1 aromatic heterocycles. The van der Waals surface area contributed by atoms with Gasteiger partial charge in [0.05, 0.1) is 17.7 Å². The van der Waals surface area contributed by atoms with Gasteiger partial charge >= 0.3 is 5.76 Å². The Hall–Kier alpha value is -1.75. The highest BCUT2D eigenvalue weighted by molar-refractivity contribution is 5.76. The molecular formula is C12H14N2O3. The molecule has 2 aromatic rings. The molecule has 2 unspecified atom stereocenters. The van der Waals surface area contributed by atoms with Crippen LogP contribution in [0.1, 0.15) is 13.3 Å². The Labute approximate surface area is 97.8 Å². The second-order valence-corrected chi connectivity index (χ2v) is 4.34. The van der Waals surface area contributed by atoms with Crippen molar-refractivity contribution in [3.05, 3.63) is 28.7 Å². The number of hydrogen-bond acceptors (Lipinski definition) is 4. The van der Waals surface area contributed by atoms with Gasteiger partial charge in [0.15, 0.2) is 5.58 Å². The number of hydrogen-bond donors (Lipinski definition) is 2. The molecular weight excluding hydrogens is 220 g/mol. The Morgan fingerprint density at radius 1 is 1.47 bits per heavy atom. The standard InChI is InChI=1S/C12H14N2O3/c1-7-9(4-5-16-7)13-8-2-3-11-10(6-8)14-12(15)17-11/h2-3,6-7,9,13H,4-5H2,1H3,(H,14,15). The molecule has 1 aromatic carbocycles. The van der Waals surface area contributed by atoms with Crippen LogP contribution in [0.3, 0.4) is 0 Å². The first-order valence-corrected chi connectivity index (χ1v) is 5.73. The van der Waals surface area contributed by atoms with Gasteiger partial charge in [0.2, 0.25) is 0 Å². The largest absolute Gasteiger partial charge is 0.417 e. The van der Waals surface area contributed by atoms with Crippen molar-refractivity contribution >= 4 is 16.8 Å². The van der Waals surface area contributed by atoms with Gasteiger partial charge in [-0.1, -0.05) is 0 Å². The monoisotopic (exact) mass is 234 g/mol. The van der Waals surface area contributed by atoms with Crippen LogP contribution >= 0.6 is 0 Å². The SMILES string of the molecule is CC1OCCC1Nc1ccc2oc(=O)[nH]c2c1. The summed E-state index contributed by atoms with van der Waals surface area (Å²) in [6.07, 6.45) is 1.22. The molecule has 1 aliphatic rings. The molecule has 1 saturated heterocycles. The number of anilines is 1. The lowest BCUT2D eigenvalue weighted by Crippen LogP contribution is -2.26. The Balaban J connectivity index is 1.87. The second-order valence-electron chi connectivity index (χ2n) is 4.34. The Morgan fingerprint density at radius 3 is 3.12 bits per heavy atom. The van der Waals surface area contributed by atoms with E-state index in [1.165, 1.54) is 0 Å². The molecule has 1 aliphatic heterocycles. The highest BCUT2D eigenvalue weighted by Gasteiger charge is 2.23. The van der Waals surface area contributed by atoms with Crippen LogP contribution in [0.25, 0.3) is 11.1 Å². The number of H-pyrrole nitrogens is 1. The van der Waals surface area contributed by atoms with Gasteiger partial charge in [-0.2, -0.15) is 0 Å². The van der Waals surface area contributed by atoms with Gasteiger partial charge in [-0.3, -0.25) is 4.98 Å². The number of aromatic nitrogens is 1. The van der Waals surface area contributed by atoms with Crippen LogP contribution in [0, 0.1) is 0 Å². The normalized spacial score (nSPS) is 24.3. The number of aromatic amines is 1. The maximum absolute atomic E-state index is 11.0. The lowest BCUT2D eigenvalue weighted by atomic mass is 10.1. The molecule has 0 amide bonds. The minimum atomic E-state index is -0.422. The molecule has 0 spiro atoms. The summed E-state index contributed by atoms with van der Waals surface area (Å²) in [7, 11) is 0. The zero-order valence-electron chi connectivity index (χ0n) is 9.53. The molecule has 2 N–H and O–H groups in total. The third kappa shape index (κ3) is 1.93. The molecule has 0 aliphatic carbocycles. The molecule has 5 nitrogen and oxygen atoms in total. The highest BCUT2D eigenvalue weighted by Crippen LogP contribution is 2.21. The van der Waals surface area contributed by atoms with Crippen molar-refractivity contribution in [1.29, 1.82) is 0 Å². The maximum Gasteiger partial charge on any atom is 0.417 e. The molecule has 0 saturated carbocycles. The number of nitrogens with one attached hydrogen (secondary N) is 2. The quantitative estimate of drug-likeness (QED) is 0.830. The van der Waals surface area contributed by atoms with Crippen molar-refractivity contribution in [2.24, 2.45) is 0 Å². The Kier molecular flexibility index (Phi) is 2.40. The fourth-order valence-corrected chi connectivity index (χ4v) is 2.18. The third-order valence-electron chi connectivity index (χ3n) is 3.15. The molecule has 1 fully saturated rings. The molecule has 3 rings (SSSR count). The van der Waals surface area contributed by atoms with Crippen molar-refractivity contribution < 1.29 is 9.15 Å². The lowest BCUT2D eigenvalue weighted by molar-refractivity contribution is 0.121. The lowest BCUT2D eigenvalue weighted by Gasteiger charge is -2.17. The molecule has 0 bridgehead atoms. The first-order valence-electron chi connectivity index (χ1n) is 5.73. The zero-order valence-corrected chi connectivity index (χ0v) is 9.53. The van der Waals surface area contributed by atoms with Crippen LogP contribution in [-0.2, 0) is 4.74 Å². The number of fused-ring (bicyclic) bond motifs is 1. The fraction of sp³-hybridized carbons (Fsp3) is 0.417. The van der Waals surface area contributed by atoms with E-state index in [9.17, 15) is 4.79 Å². The van der Waals surface area contributed by atoms with E-state index in [1.54, 1.807) is 6.07 Å². The van der Waals surface area contributed by atoms with E-state index in [0.717, 1.165) is 18.7 Å². The predicted molar refractivity (Wildman–Crippen MR) is 64.3 cm³/mol. The van der Waals surface area contributed by atoms with Crippen molar-refractivity contribution in [3.63, 3.8) is 0 Å². The number of rotatable bonds is 2. The van der Waals surface area contributed by atoms with Gasteiger partial charge in [0.1, 0.15) is 0 Å². The second kappa shape index (κ2) is 3.92. The van der Waals surface area contributed by atoms with E-state index >= 15 is 0 Å². The van der Waals surface area contributed by atoms with E-state index < -0.39 is 5.76 Å². The van der Waals surface area contributed by atoms with Crippen molar-refractivity contribution in [2.45, 2.75) is 25.5 Å². The molecule has 17 heavy (non-hydrogen) atoms. The van der Waals surface area contributed by atoms with Crippen LogP contribution in [0.15, 0.2) is 27.4 Å². The summed E-state index contributed by atoms with van der Waals surface area (Å²) < 4.78 is 10.4. The average Bonchev–Trinajstić information content (AvgIpc) is 2.84. The van der Waals surface area contributed by atoms with E-state index in [0.29, 0.717) is 17.1 Å². The van der Waals surface area contributed by atoms with Crippen LogP contribution in [0.2, 0.25) is 0 Å². The molecule has 5 heteroatoms. The summed E-state index contributed by atoms with van der Waals surface area (Å²) in [6.45, 7) is 2.85. The minimum Gasteiger partial charge on any atom is -0.408 e. The van der Waals surface area contributed by atoms with Crippen LogP contribution < -0.4 is 11.1 Å². The van der Waals surface area contributed by atoms with E-state index in [2.05, 4.69) is 17.2 Å². The molecule has 2 atom stereocenters. The minimum absolute atomic E-state index is 0.217. The third-order valence-corrected chi connectivity index (χ3v) is 3.15.